The zero-order valence-corrected chi connectivity index (χ0v) is 18.5. The van der Waals surface area contributed by atoms with E-state index in [-0.39, 0.29) is 11.8 Å². The molecule has 1 rings (SSSR count). The number of hydrogen-bond donors (Lipinski definition) is 0. The molecule has 0 aliphatic rings. The van der Waals surface area contributed by atoms with Crippen LogP contribution in [0.1, 0.15) is 92.2 Å². The molecule has 0 saturated heterocycles. The molecule has 5 nitrogen and oxygen atoms in total. The quantitative estimate of drug-likeness (QED) is 0.594. The Bertz CT molecular complexity index is 624. The monoisotopic (exact) mass is 377 g/mol. The third-order valence-electron chi connectivity index (χ3n) is 3.72. The van der Waals surface area contributed by atoms with Crippen LogP contribution in [0.2, 0.25) is 0 Å². The summed E-state index contributed by atoms with van der Waals surface area (Å²) < 4.78 is 11.1. The van der Waals surface area contributed by atoms with Crippen LogP contribution < -0.4 is 4.90 Å². The Kier molecular flexibility index (Phi) is 7.09. The zero-order valence-electron chi connectivity index (χ0n) is 18.5. The molecule has 0 N–H and O–H groups in total. The first-order chi connectivity index (χ1) is 12.1. The molecular weight excluding hydrogens is 342 g/mol. The Hall–Kier alpha value is -2.04. The van der Waals surface area contributed by atoms with Crippen LogP contribution in [0.4, 0.5) is 15.3 Å². The first-order valence-corrected chi connectivity index (χ1v) is 9.53. The van der Waals surface area contributed by atoms with Crippen molar-refractivity contribution in [1.82, 2.24) is 0 Å². The summed E-state index contributed by atoms with van der Waals surface area (Å²) in [5, 5.41) is 0. The van der Waals surface area contributed by atoms with Crippen LogP contribution in [-0.4, -0.2) is 23.4 Å². The van der Waals surface area contributed by atoms with Crippen LogP contribution in [0.3, 0.4) is 0 Å². The van der Waals surface area contributed by atoms with Gasteiger partial charge in [0.15, 0.2) is 0 Å². The van der Waals surface area contributed by atoms with Gasteiger partial charge < -0.3 is 9.47 Å². The van der Waals surface area contributed by atoms with Crippen LogP contribution in [0.5, 0.6) is 0 Å². The van der Waals surface area contributed by atoms with E-state index in [1.54, 1.807) is 41.5 Å². The van der Waals surface area contributed by atoms with Crippen molar-refractivity contribution in [3.8, 4) is 0 Å². The first-order valence-electron chi connectivity index (χ1n) is 9.53. The second-order valence-electron chi connectivity index (χ2n) is 9.39. The summed E-state index contributed by atoms with van der Waals surface area (Å²) in [6.07, 6.45) is -1.46. The molecule has 0 unspecified atom stereocenters. The van der Waals surface area contributed by atoms with E-state index in [0.717, 1.165) is 16.0 Å². The molecule has 0 aliphatic heterocycles. The molecule has 0 fully saturated rings. The fraction of sp³-hybridized carbons (Fsp3) is 0.636. The number of amides is 2. The molecule has 2 amide bonds. The van der Waals surface area contributed by atoms with Gasteiger partial charge in [-0.15, -0.1) is 0 Å². The molecule has 0 radical (unpaired) electrons. The highest BCUT2D eigenvalue weighted by molar-refractivity contribution is 6.10. The maximum absolute atomic E-state index is 13.0. The Morgan fingerprint density at radius 2 is 1.11 bits per heavy atom. The summed E-state index contributed by atoms with van der Waals surface area (Å²) in [7, 11) is 0. The fourth-order valence-corrected chi connectivity index (χ4v) is 2.64. The number of carbonyl (C=O) groups is 2. The average molecular weight is 378 g/mol. The van der Waals surface area contributed by atoms with Crippen molar-refractivity contribution in [1.29, 1.82) is 0 Å². The molecule has 0 bridgehead atoms. The number of ether oxygens (including phenoxy) is 2. The van der Waals surface area contributed by atoms with E-state index in [2.05, 4.69) is 0 Å². The van der Waals surface area contributed by atoms with Crippen molar-refractivity contribution in [3.05, 3.63) is 29.3 Å². The van der Waals surface area contributed by atoms with Gasteiger partial charge in [-0.3, -0.25) is 0 Å². The minimum atomic E-state index is -0.734. The van der Waals surface area contributed by atoms with Gasteiger partial charge in [-0.1, -0.05) is 45.9 Å². The smallest absolute Gasteiger partial charge is 0.424 e. The van der Waals surface area contributed by atoms with Gasteiger partial charge in [0.05, 0.1) is 5.69 Å². The van der Waals surface area contributed by atoms with Crippen molar-refractivity contribution in [2.75, 3.05) is 4.90 Å². The predicted molar refractivity (Wildman–Crippen MR) is 110 cm³/mol. The molecule has 27 heavy (non-hydrogen) atoms. The van der Waals surface area contributed by atoms with Gasteiger partial charge in [0.2, 0.25) is 0 Å². The van der Waals surface area contributed by atoms with Crippen LogP contribution in [0.15, 0.2) is 18.2 Å². The molecule has 0 spiro atoms. The van der Waals surface area contributed by atoms with Gasteiger partial charge >= 0.3 is 12.2 Å². The van der Waals surface area contributed by atoms with E-state index in [1.807, 2.05) is 45.9 Å². The molecule has 152 valence electrons. The van der Waals surface area contributed by atoms with Crippen LogP contribution in [0.25, 0.3) is 0 Å². The fourth-order valence-electron chi connectivity index (χ4n) is 2.64. The Morgan fingerprint density at radius 3 is 1.37 bits per heavy atom. The summed E-state index contributed by atoms with van der Waals surface area (Å²) in [6.45, 7) is 18.8. The highest BCUT2D eigenvalue weighted by Gasteiger charge is 2.36. The Morgan fingerprint density at radius 1 is 0.778 bits per heavy atom. The van der Waals surface area contributed by atoms with E-state index in [1.165, 1.54) is 0 Å². The number of hydrogen-bond acceptors (Lipinski definition) is 4. The van der Waals surface area contributed by atoms with Crippen molar-refractivity contribution in [3.63, 3.8) is 0 Å². The van der Waals surface area contributed by atoms with E-state index >= 15 is 0 Å². The highest BCUT2D eigenvalue weighted by Crippen LogP contribution is 2.37. The molecule has 1 aromatic rings. The summed E-state index contributed by atoms with van der Waals surface area (Å²) >= 11 is 0. The van der Waals surface area contributed by atoms with Crippen molar-refractivity contribution < 1.29 is 19.1 Å². The number of anilines is 1. The largest absolute Gasteiger partial charge is 0.443 e. The second kappa shape index (κ2) is 8.32. The van der Waals surface area contributed by atoms with Crippen molar-refractivity contribution in [2.45, 2.75) is 92.3 Å². The van der Waals surface area contributed by atoms with Gasteiger partial charge in [-0.2, -0.15) is 4.90 Å². The van der Waals surface area contributed by atoms with Crippen molar-refractivity contribution in [2.24, 2.45) is 0 Å². The third kappa shape index (κ3) is 6.56. The van der Waals surface area contributed by atoms with Crippen LogP contribution in [0, 0.1) is 0 Å². The van der Waals surface area contributed by atoms with Gasteiger partial charge in [-0.25, -0.2) is 9.59 Å². The predicted octanol–water partition coefficient (Wildman–Crippen LogP) is 6.61. The number of benzene rings is 1. The summed E-state index contributed by atoms with van der Waals surface area (Å²) in [5.41, 5.74) is 0.895. The Labute approximate surface area is 164 Å². The molecule has 0 aromatic heterocycles. The van der Waals surface area contributed by atoms with Gasteiger partial charge in [0.1, 0.15) is 11.2 Å². The Balaban J connectivity index is 3.64. The maximum Gasteiger partial charge on any atom is 0.424 e. The lowest BCUT2D eigenvalue weighted by atomic mass is 9.92. The zero-order chi connectivity index (χ0) is 21.2. The van der Waals surface area contributed by atoms with Gasteiger partial charge in [0.25, 0.3) is 0 Å². The molecule has 5 heteroatoms. The van der Waals surface area contributed by atoms with Gasteiger partial charge in [0, 0.05) is 0 Å². The number of para-hydroxylation sites is 1. The molecular formula is C22H35NO4. The molecule has 0 aliphatic carbocycles. The van der Waals surface area contributed by atoms with E-state index in [0.29, 0.717) is 5.69 Å². The summed E-state index contributed by atoms with van der Waals surface area (Å²) in [4.78, 5) is 27.1. The van der Waals surface area contributed by atoms with Gasteiger partial charge in [-0.05, 0) is 64.5 Å². The minimum Gasteiger partial charge on any atom is -0.443 e. The highest BCUT2D eigenvalue weighted by atomic mass is 16.6. The SMILES string of the molecule is CC(C)c1cccc(C(C)C)c1N(C(=O)OC(C)(C)C)C(=O)OC(C)(C)C. The van der Waals surface area contributed by atoms with Crippen LogP contribution in [-0.2, 0) is 9.47 Å². The maximum atomic E-state index is 13.0. The topological polar surface area (TPSA) is 55.8 Å². The lowest BCUT2D eigenvalue weighted by Gasteiger charge is -2.32. The van der Waals surface area contributed by atoms with E-state index in [9.17, 15) is 9.59 Å². The van der Waals surface area contributed by atoms with E-state index < -0.39 is 23.4 Å². The van der Waals surface area contributed by atoms with Crippen molar-refractivity contribution >= 4 is 17.9 Å². The number of nitrogens with zero attached hydrogens (tertiary/aromatic N) is 1. The van der Waals surface area contributed by atoms with Crippen LogP contribution >= 0.6 is 0 Å². The normalized spacial score (nSPS) is 12.3. The lowest BCUT2D eigenvalue weighted by molar-refractivity contribution is 0.0430. The second-order valence-corrected chi connectivity index (χ2v) is 9.39. The first kappa shape index (κ1) is 23.0. The number of carbonyl (C=O) groups excluding carboxylic acids is 2. The van der Waals surface area contributed by atoms with E-state index in [4.69, 9.17) is 9.47 Å². The summed E-state index contributed by atoms with van der Waals surface area (Å²) in [5.74, 6) is 0.233. The summed E-state index contributed by atoms with van der Waals surface area (Å²) in [6, 6.07) is 5.83. The minimum absolute atomic E-state index is 0.117. The molecule has 0 heterocycles. The molecule has 0 atom stereocenters. The average Bonchev–Trinajstić information content (AvgIpc) is 2.43. The molecule has 0 saturated carbocycles. The molecule has 1 aromatic carbocycles. The number of imide groups is 1. The standard InChI is InChI=1S/C22H35NO4/c1-14(2)16-12-11-13-17(15(3)4)18(16)23(19(24)26-21(5,6)7)20(25)27-22(8,9)10/h11-15H,1-10H3. The lowest BCUT2D eigenvalue weighted by Crippen LogP contribution is -2.44. The third-order valence-corrected chi connectivity index (χ3v) is 3.72. The number of rotatable bonds is 3.